The summed E-state index contributed by atoms with van der Waals surface area (Å²) in [5, 5.41) is 3.47. The van der Waals surface area contributed by atoms with Crippen LogP contribution in [0.3, 0.4) is 0 Å². The topological polar surface area (TPSA) is 27.6 Å². The third-order valence-corrected chi connectivity index (χ3v) is 4.04. The minimum atomic E-state index is 0.292. The quantitative estimate of drug-likeness (QED) is 0.899. The minimum absolute atomic E-state index is 0.292. The fourth-order valence-corrected chi connectivity index (χ4v) is 2.52. The molecule has 0 bridgehead atoms. The first kappa shape index (κ1) is 12.3. The van der Waals surface area contributed by atoms with Crippen LogP contribution in [-0.4, -0.2) is 23.4 Å². The summed E-state index contributed by atoms with van der Waals surface area (Å²) in [7, 11) is 0. The van der Waals surface area contributed by atoms with Crippen LogP contribution >= 0.6 is 0 Å². The van der Waals surface area contributed by atoms with Gasteiger partial charge in [0.25, 0.3) is 0 Å². The molecule has 3 heteroatoms. The predicted octanol–water partition coefficient (Wildman–Crippen LogP) is 3.08. The van der Waals surface area contributed by atoms with Gasteiger partial charge in [-0.15, -0.1) is 0 Å². The Morgan fingerprint density at radius 1 is 1.26 bits per heavy atom. The number of amidine groups is 1. The lowest BCUT2D eigenvalue weighted by Gasteiger charge is -2.37. The Hall–Kier alpha value is -1.77. The van der Waals surface area contributed by atoms with E-state index in [0.29, 0.717) is 6.04 Å². The highest BCUT2D eigenvalue weighted by atomic mass is 15.2. The van der Waals surface area contributed by atoms with Crippen LogP contribution in [0, 0.1) is 0 Å². The Balaban J connectivity index is 1.56. The zero-order valence-electron chi connectivity index (χ0n) is 11.4. The van der Waals surface area contributed by atoms with E-state index in [1.54, 1.807) is 0 Å². The maximum atomic E-state index is 4.62. The molecule has 1 fully saturated rings. The van der Waals surface area contributed by atoms with Crippen molar-refractivity contribution in [3.05, 3.63) is 48.2 Å². The van der Waals surface area contributed by atoms with Crippen LogP contribution < -0.4 is 5.32 Å². The van der Waals surface area contributed by atoms with Crippen LogP contribution in [-0.2, 0) is 0 Å². The molecule has 1 unspecified atom stereocenters. The maximum absolute atomic E-state index is 4.62. The second-order valence-corrected chi connectivity index (χ2v) is 5.38. The summed E-state index contributed by atoms with van der Waals surface area (Å²) in [6.07, 6.45) is 8.30. The molecule has 2 aliphatic rings. The molecule has 1 aromatic carbocycles. The monoisotopic (exact) mass is 255 g/mol. The molecule has 1 heterocycles. The standard InChI is InChI=1S/C16H21N3/c1-13(14-6-3-2-4-7-14)18-16-10-11-19(12-17-16)15-8-5-9-15/h2-4,6-7,10-11,13,15H,5,8-9,12H2,1H3,(H,17,18). The van der Waals surface area contributed by atoms with Crippen molar-refractivity contribution in [2.24, 2.45) is 4.99 Å². The van der Waals surface area contributed by atoms with E-state index in [2.05, 4.69) is 58.7 Å². The highest BCUT2D eigenvalue weighted by molar-refractivity contribution is 5.93. The summed E-state index contributed by atoms with van der Waals surface area (Å²) >= 11 is 0. The lowest BCUT2D eigenvalue weighted by molar-refractivity contribution is 0.187. The molecule has 1 N–H and O–H groups in total. The molecule has 1 aliphatic carbocycles. The third kappa shape index (κ3) is 2.80. The zero-order chi connectivity index (χ0) is 13.1. The van der Waals surface area contributed by atoms with Crippen molar-refractivity contribution in [3.63, 3.8) is 0 Å². The fourth-order valence-electron chi connectivity index (χ4n) is 2.52. The molecular formula is C16H21N3. The van der Waals surface area contributed by atoms with Crippen molar-refractivity contribution in [2.75, 3.05) is 6.67 Å². The van der Waals surface area contributed by atoms with E-state index in [1.807, 2.05) is 6.07 Å². The lowest BCUT2D eigenvalue weighted by Crippen LogP contribution is -2.39. The smallest absolute Gasteiger partial charge is 0.124 e. The molecule has 0 saturated heterocycles. The number of hydrogen-bond donors (Lipinski definition) is 1. The number of rotatable bonds is 3. The molecule has 0 amide bonds. The van der Waals surface area contributed by atoms with Gasteiger partial charge in [-0.2, -0.15) is 0 Å². The van der Waals surface area contributed by atoms with E-state index in [9.17, 15) is 0 Å². The van der Waals surface area contributed by atoms with E-state index in [1.165, 1.54) is 24.8 Å². The van der Waals surface area contributed by atoms with E-state index in [-0.39, 0.29) is 0 Å². The van der Waals surface area contributed by atoms with Crippen molar-refractivity contribution >= 4 is 5.84 Å². The van der Waals surface area contributed by atoms with Gasteiger partial charge in [0, 0.05) is 18.3 Å². The highest BCUT2D eigenvalue weighted by Gasteiger charge is 2.23. The molecule has 19 heavy (non-hydrogen) atoms. The molecule has 1 aromatic rings. The Morgan fingerprint density at radius 3 is 2.63 bits per heavy atom. The van der Waals surface area contributed by atoms with Crippen LogP contribution in [0.2, 0.25) is 0 Å². The van der Waals surface area contributed by atoms with Gasteiger partial charge in [-0.1, -0.05) is 30.3 Å². The van der Waals surface area contributed by atoms with Crippen molar-refractivity contribution in [1.29, 1.82) is 0 Å². The number of nitrogens with one attached hydrogen (secondary N) is 1. The Labute approximate surface area is 115 Å². The van der Waals surface area contributed by atoms with Crippen LogP contribution in [0.15, 0.2) is 47.6 Å². The van der Waals surface area contributed by atoms with Gasteiger partial charge in [0.1, 0.15) is 12.5 Å². The zero-order valence-corrected chi connectivity index (χ0v) is 11.4. The predicted molar refractivity (Wildman–Crippen MR) is 78.9 cm³/mol. The Morgan fingerprint density at radius 2 is 2.05 bits per heavy atom. The van der Waals surface area contributed by atoms with E-state index in [4.69, 9.17) is 0 Å². The van der Waals surface area contributed by atoms with Gasteiger partial charge in [0.15, 0.2) is 0 Å². The van der Waals surface area contributed by atoms with E-state index >= 15 is 0 Å². The number of aliphatic imine (C=N–C) groups is 1. The second-order valence-electron chi connectivity index (χ2n) is 5.38. The van der Waals surface area contributed by atoms with Crippen LogP contribution in [0.1, 0.15) is 37.8 Å². The largest absolute Gasteiger partial charge is 0.364 e. The summed E-state index contributed by atoms with van der Waals surface area (Å²) in [4.78, 5) is 6.97. The molecule has 1 saturated carbocycles. The molecule has 0 aromatic heterocycles. The van der Waals surface area contributed by atoms with E-state index in [0.717, 1.165) is 18.5 Å². The van der Waals surface area contributed by atoms with Crippen molar-refractivity contribution in [2.45, 2.75) is 38.3 Å². The first-order chi connectivity index (χ1) is 9.33. The lowest BCUT2D eigenvalue weighted by atomic mass is 9.92. The third-order valence-electron chi connectivity index (χ3n) is 4.04. The SMILES string of the molecule is CC(NC1=NCN(C2CCC2)C=C1)c1ccccc1. The molecule has 100 valence electrons. The van der Waals surface area contributed by atoms with Crippen LogP contribution in [0.4, 0.5) is 0 Å². The maximum Gasteiger partial charge on any atom is 0.124 e. The summed E-state index contributed by atoms with van der Waals surface area (Å²) in [6, 6.07) is 11.5. The van der Waals surface area contributed by atoms with E-state index < -0.39 is 0 Å². The van der Waals surface area contributed by atoms with Crippen molar-refractivity contribution < 1.29 is 0 Å². The molecule has 0 radical (unpaired) electrons. The number of benzene rings is 1. The van der Waals surface area contributed by atoms with Crippen LogP contribution in [0.5, 0.6) is 0 Å². The van der Waals surface area contributed by atoms with Gasteiger partial charge in [-0.3, -0.25) is 0 Å². The summed E-state index contributed by atoms with van der Waals surface area (Å²) in [5.74, 6) is 0.993. The van der Waals surface area contributed by atoms with Gasteiger partial charge in [-0.25, -0.2) is 4.99 Å². The molecular weight excluding hydrogens is 234 g/mol. The molecule has 1 atom stereocenters. The summed E-state index contributed by atoms with van der Waals surface area (Å²) < 4.78 is 0. The van der Waals surface area contributed by atoms with Crippen LogP contribution in [0.25, 0.3) is 0 Å². The second kappa shape index (κ2) is 5.47. The van der Waals surface area contributed by atoms with Gasteiger partial charge in [0.2, 0.25) is 0 Å². The highest BCUT2D eigenvalue weighted by Crippen LogP contribution is 2.25. The van der Waals surface area contributed by atoms with Gasteiger partial charge in [0.05, 0.1) is 0 Å². The minimum Gasteiger partial charge on any atom is -0.364 e. The van der Waals surface area contributed by atoms with Crippen molar-refractivity contribution in [3.8, 4) is 0 Å². The molecule has 1 aliphatic heterocycles. The summed E-state index contributed by atoms with van der Waals surface area (Å²) in [5.41, 5.74) is 1.29. The van der Waals surface area contributed by atoms with Gasteiger partial charge >= 0.3 is 0 Å². The normalized spacial score (nSPS) is 20.7. The average molecular weight is 255 g/mol. The first-order valence-electron chi connectivity index (χ1n) is 7.13. The Bertz CT molecular complexity index is 474. The van der Waals surface area contributed by atoms with Gasteiger partial charge < -0.3 is 10.2 Å². The van der Waals surface area contributed by atoms with Crippen molar-refractivity contribution in [1.82, 2.24) is 10.2 Å². The molecule has 3 nitrogen and oxygen atoms in total. The molecule has 0 spiro atoms. The number of nitrogens with zero attached hydrogens (tertiary/aromatic N) is 2. The summed E-state index contributed by atoms with van der Waals surface area (Å²) in [6.45, 7) is 2.97. The average Bonchev–Trinajstić information content (AvgIpc) is 2.40. The first-order valence-corrected chi connectivity index (χ1v) is 7.13. The number of hydrogen-bond acceptors (Lipinski definition) is 3. The Kier molecular flexibility index (Phi) is 3.53. The van der Waals surface area contributed by atoms with Gasteiger partial charge in [-0.05, 0) is 37.8 Å². The fraction of sp³-hybridized carbons (Fsp3) is 0.438. The molecule has 3 rings (SSSR count).